The van der Waals surface area contributed by atoms with Gasteiger partial charge in [-0.1, -0.05) is 51.5 Å². The highest BCUT2D eigenvalue weighted by atomic mass is 32.2. The van der Waals surface area contributed by atoms with Crippen molar-refractivity contribution in [3.05, 3.63) is 65.4 Å². The van der Waals surface area contributed by atoms with Crippen LogP contribution in [-0.2, 0) is 22.9 Å². The number of nitrogens with one attached hydrogen (secondary N) is 1. The first-order valence-electron chi connectivity index (χ1n) is 12.1. The third kappa shape index (κ3) is 3.99. The molecule has 0 aliphatic heterocycles. The third-order valence-corrected chi connectivity index (χ3v) is 9.19. The fourth-order valence-corrected chi connectivity index (χ4v) is 6.29. The Morgan fingerprint density at radius 2 is 1.83 bits per heavy atom. The molecule has 7 nitrogen and oxygen atoms in total. The van der Waals surface area contributed by atoms with Gasteiger partial charge in [-0.25, -0.2) is 13.2 Å². The maximum Gasteiger partial charge on any atom is 0.339 e. The van der Waals surface area contributed by atoms with E-state index in [0.717, 1.165) is 65.5 Å². The SMILES string of the molecule is CCC(C)(C)C1CCc2oc3c(cc(NS(=O)(=O)c4ccc(O)c(C(=O)O)c4)c4ccccc43)c2C1. The lowest BCUT2D eigenvalue weighted by atomic mass is 9.69. The van der Waals surface area contributed by atoms with Crippen molar-refractivity contribution in [2.75, 3.05) is 4.72 Å². The van der Waals surface area contributed by atoms with Crippen LogP contribution in [0.15, 0.2) is 57.8 Å². The molecular formula is C28H29NO6S. The molecule has 1 aliphatic rings. The van der Waals surface area contributed by atoms with Crippen LogP contribution in [0.25, 0.3) is 21.7 Å². The molecule has 8 heteroatoms. The van der Waals surface area contributed by atoms with Crippen LogP contribution in [-0.4, -0.2) is 24.6 Å². The lowest BCUT2D eigenvalue weighted by Gasteiger charge is -2.36. The van der Waals surface area contributed by atoms with E-state index in [4.69, 9.17) is 4.42 Å². The van der Waals surface area contributed by atoms with Crippen LogP contribution in [0.4, 0.5) is 5.69 Å². The second kappa shape index (κ2) is 8.55. The lowest BCUT2D eigenvalue weighted by molar-refractivity contribution is 0.0693. The van der Waals surface area contributed by atoms with Gasteiger partial charge in [0.15, 0.2) is 0 Å². The maximum absolute atomic E-state index is 13.3. The van der Waals surface area contributed by atoms with Crippen LogP contribution in [0.3, 0.4) is 0 Å². The number of carbonyl (C=O) groups is 1. The normalized spacial score (nSPS) is 16.2. The van der Waals surface area contributed by atoms with Crippen LogP contribution in [0.2, 0.25) is 0 Å². The van der Waals surface area contributed by atoms with Crippen molar-refractivity contribution in [3.63, 3.8) is 0 Å². The maximum atomic E-state index is 13.3. The first-order valence-corrected chi connectivity index (χ1v) is 13.6. The molecule has 0 radical (unpaired) electrons. The summed E-state index contributed by atoms with van der Waals surface area (Å²) in [6.45, 7) is 6.80. The first kappa shape index (κ1) is 24.2. The Balaban J connectivity index is 1.64. The molecule has 0 fully saturated rings. The van der Waals surface area contributed by atoms with E-state index in [1.54, 1.807) is 0 Å². The summed E-state index contributed by atoms with van der Waals surface area (Å²) in [5, 5.41) is 21.5. The number of carboxylic acid groups (broad SMARTS) is 1. The third-order valence-electron chi connectivity index (χ3n) is 7.82. The fourth-order valence-electron chi connectivity index (χ4n) is 5.19. The zero-order chi connectivity index (χ0) is 25.8. The van der Waals surface area contributed by atoms with E-state index >= 15 is 0 Å². The first-order chi connectivity index (χ1) is 17.0. The van der Waals surface area contributed by atoms with E-state index in [1.165, 1.54) is 6.07 Å². The van der Waals surface area contributed by atoms with Crippen LogP contribution in [0.1, 0.15) is 55.3 Å². The van der Waals surface area contributed by atoms with Crippen molar-refractivity contribution in [1.82, 2.24) is 0 Å². The summed E-state index contributed by atoms with van der Waals surface area (Å²) >= 11 is 0. The summed E-state index contributed by atoms with van der Waals surface area (Å²) in [4.78, 5) is 11.2. The van der Waals surface area contributed by atoms with Gasteiger partial charge >= 0.3 is 5.97 Å². The molecule has 1 aliphatic carbocycles. The van der Waals surface area contributed by atoms with Crippen molar-refractivity contribution in [2.24, 2.45) is 11.3 Å². The monoisotopic (exact) mass is 507 g/mol. The molecule has 0 saturated heterocycles. The number of fused-ring (bicyclic) bond motifs is 5. The average molecular weight is 508 g/mol. The molecule has 188 valence electrons. The van der Waals surface area contributed by atoms with Crippen molar-refractivity contribution >= 4 is 43.4 Å². The number of phenols is 1. The summed E-state index contributed by atoms with van der Waals surface area (Å²) in [5.74, 6) is -0.453. The highest BCUT2D eigenvalue weighted by Crippen LogP contribution is 2.45. The molecule has 0 amide bonds. The van der Waals surface area contributed by atoms with E-state index in [9.17, 15) is 23.4 Å². The molecule has 1 aromatic heterocycles. The largest absolute Gasteiger partial charge is 0.507 e. The number of aromatic carboxylic acids is 1. The summed E-state index contributed by atoms with van der Waals surface area (Å²) in [5.41, 5.74) is 1.98. The Morgan fingerprint density at radius 1 is 1.11 bits per heavy atom. The fraction of sp³-hybridized carbons (Fsp3) is 0.321. The minimum absolute atomic E-state index is 0.184. The minimum atomic E-state index is -4.14. The van der Waals surface area contributed by atoms with E-state index in [0.29, 0.717) is 17.0 Å². The zero-order valence-corrected chi connectivity index (χ0v) is 21.3. The van der Waals surface area contributed by atoms with Gasteiger partial charge in [0.05, 0.1) is 10.6 Å². The molecule has 5 rings (SSSR count). The predicted octanol–water partition coefficient (Wildman–Crippen LogP) is 6.33. The summed E-state index contributed by atoms with van der Waals surface area (Å²) < 4.78 is 35.6. The van der Waals surface area contributed by atoms with E-state index in [-0.39, 0.29) is 10.3 Å². The lowest BCUT2D eigenvalue weighted by Crippen LogP contribution is -2.28. The summed E-state index contributed by atoms with van der Waals surface area (Å²) in [6, 6.07) is 12.5. The molecule has 3 N–H and O–H groups in total. The Hall–Kier alpha value is -3.52. The predicted molar refractivity (Wildman–Crippen MR) is 139 cm³/mol. The van der Waals surface area contributed by atoms with Crippen LogP contribution >= 0.6 is 0 Å². The number of rotatable bonds is 6. The van der Waals surface area contributed by atoms with Gasteiger partial charge in [0.25, 0.3) is 10.0 Å². The highest BCUT2D eigenvalue weighted by Gasteiger charge is 2.34. The summed E-state index contributed by atoms with van der Waals surface area (Å²) in [7, 11) is -4.14. The van der Waals surface area contributed by atoms with Crippen molar-refractivity contribution in [2.45, 2.75) is 51.3 Å². The molecule has 4 aromatic rings. The quantitative estimate of drug-likeness (QED) is 0.281. The number of carboxylic acids is 1. The Bertz CT molecular complexity index is 1620. The van der Waals surface area contributed by atoms with Crippen molar-refractivity contribution in [3.8, 4) is 5.75 Å². The Labute approximate surface area is 209 Å². The molecule has 1 atom stereocenters. The van der Waals surface area contributed by atoms with Crippen LogP contribution in [0, 0.1) is 11.3 Å². The van der Waals surface area contributed by atoms with Crippen LogP contribution in [0.5, 0.6) is 5.75 Å². The van der Waals surface area contributed by atoms with E-state index in [2.05, 4.69) is 25.5 Å². The molecular weight excluding hydrogens is 478 g/mol. The molecule has 0 spiro atoms. The molecule has 0 saturated carbocycles. The standard InChI is InChI=1S/C28H29NO6S/c1-4-28(2,3)16-9-12-25-20(13-16)21-15-23(18-7-5-6-8-19(18)26(21)35-25)29-36(33,34)17-10-11-24(30)22(14-17)27(31)32/h5-8,10-11,14-16,29-30H,4,9,12-13H2,1-3H3,(H,31,32). The molecule has 36 heavy (non-hydrogen) atoms. The molecule has 1 heterocycles. The number of anilines is 1. The summed E-state index contributed by atoms with van der Waals surface area (Å²) in [6.07, 6.45) is 3.84. The number of sulfonamides is 1. The average Bonchev–Trinajstić information content (AvgIpc) is 3.22. The zero-order valence-electron chi connectivity index (χ0n) is 20.5. The minimum Gasteiger partial charge on any atom is -0.507 e. The van der Waals surface area contributed by atoms with Gasteiger partial charge < -0.3 is 14.6 Å². The molecule has 3 aromatic carbocycles. The second-order valence-corrected chi connectivity index (χ2v) is 11.9. The van der Waals surface area contributed by atoms with E-state index in [1.807, 2.05) is 30.3 Å². The smallest absolute Gasteiger partial charge is 0.339 e. The second-order valence-electron chi connectivity index (χ2n) is 10.2. The van der Waals surface area contributed by atoms with Gasteiger partial charge in [-0.3, -0.25) is 4.72 Å². The van der Waals surface area contributed by atoms with Gasteiger partial charge in [0.1, 0.15) is 22.7 Å². The number of furan rings is 1. The van der Waals surface area contributed by atoms with Crippen LogP contribution < -0.4 is 4.72 Å². The Morgan fingerprint density at radius 3 is 2.53 bits per heavy atom. The van der Waals surface area contributed by atoms with Gasteiger partial charge in [-0.05, 0) is 48.4 Å². The van der Waals surface area contributed by atoms with Gasteiger partial charge in [0.2, 0.25) is 0 Å². The topological polar surface area (TPSA) is 117 Å². The molecule has 1 unspecified atom stereocenters. The number of hydrogen-bond acceptors (Lipinski definition) is 5. The number of aryl methyl sites for hydroxylation is 1. The number of hydrogen-bond donors (Lipinski definition) is 3. The van der Waals surface area contributed by atoms with Crippen molar-refractivity contribution in [1.29, 1.82) is 0 Å². The van der Waals surface area contributed by atoms with E-state index < -0.39 is 27.3 Å². The number of benzene rings is 3. The van der Waals surface area contributed by atoms with Gasteiger partial charge in [-0.2, -0.15) is 0 Å². The van der Waals surface area contributed by atoms with Gasteiger partial charge in [-0.15, -0.1) is 0 Å². The highest BCUT2D eigenvalue weighted by molar-refractivity contribution is 7.92. The Kier molecular flexibility index (Phi) is 5.75. The van der Waals surface area contributed by atoms with Crippen molar-refractivity contribution < 1.29 is 27.8 Å². The number of aromatic hydroxyl groups is 1. The van der Waals surface area contributed by atoms with Gasteiger partial charge in [0, 0.05) is 28.1 Å². The molecule has 0 bridgehead atoms.